The number of fused-ring (bicyclic) bond motifs is 2. The second-order valence-corrected chi connectivity index (χ2v) is 8.32. The lowest BCUT2D eigenvalue weighted by Gasteiger charge is -2.10. The largest absolute Gasteiger partial charge is 0.332 e. The van der Waals surface area contributed by atoms with Crippen LogP contribution in [0.15, 0.2) is 56.1 Å². The van der Waals surface area contributed by atoms with Gasteiger partial charge in [-0.2, -0.15) is 0 Å². The van der Waals surface area contributed by atoms with E-state index < -0.39 is 22.5 Å². The molecule has 0 amide bonds. The van der Waals surface area contributed by atoms with Crippen LogP contribution in [0.2, 0.25) is 0 Å². The van der Waals surface area contributed by atoms with Gasteiger partial charge in [-0.1, -0.05) is 24.3 Å². The number of aromatic nitrogens is 8. The summed E-state index contributed by atoms with van der Waals surface area (Å²) in [5, 5.41) is 0. The molecule has 0 aliphatic carbocycles. The van der Waals surface area contributed by atoms with Crippen LogP contribution in [0.25, 0.3) is 22.3 Å². The Labute approximate surface area is 191 Å². The summed E-state index contributed by atoms with van der Waals surface area (Å²) in [4.78, 5) is 58.3. The molecule has 4 aromatic heterocycles. The van der Waals surface area contributed by atoms with E-state index in [1.807, 2.05) is 24.3 Å². The maximum Gasteiger partial charge on any atom is 0.332 e. The minimum Gasteiger partial charge on any atom is -0.320 e. The Hall–Kier alpha value is -4.48. The molecule has 0 saturated heterocycles. The number of aryl methyl sites for hydroxylation is 2. The molecule has 0 aliphatic rings. The van der Waals surface area contributed by atoms with Gasteiger partial charge in [0.1, 0.15) is 0 Å². The zero-order valence-electron chi connectivity index (χ0n) is 19.1. The van der Waals surface area contributed by atoms with E-state index in [1.165, 1.54) is 23.2 Å². The highest BCUT2D eigenvalue weighted by atomic mass is 16.2. The molecular formula is C22H22N8O4. The highest BCUT2D eigenvalue weighted by molar-refractivity contribution is 5.70. The average molecular weight is 462 g/mol. The fourth-order valence-corrected chi connectivity index (χ4v) is 4.25. The van der Waals surface area contributed by atoms with E-state index in [4.69, 9.17) is 0 Å². The second-order valence-electron chi connectivity index (χ2n) is 8.32. The maximum absolute atomic E-state index is 12.7. The van der Waals surface area contributed by atoms with Crippen LogP contribution in [-0.4, -0.2) is 37.4 Å². The predicted molar refractivity (Wildman–Crippen MR) is 125 cm³/mol. The number of hydrogen-bond donors (Lipinski definition) is 0. The Kier molecular flexibility index (Phi) is 4.74. The Balaban J connectivity index is 1.53. The Morgan fingerprint density at radius 2 is 1.06 bits per heavy atom. The van der Waals surface area contributed by atoms with E-state index in [1.54, 1.807) is 35.9 Å². The van der Waals surface area contributed by atoms with Gasteiger partial charge in [0.2, 0.25) is 0 Å². The van der Waals surface area contributed by atoms with Crippen molar-refractivity contribution in [3.63, 3.8) is 0 Å². The first-order chi connectivity index (χ1) is 16.2. The van der Waals surface area contributed by atoms with E-state index in [-0.39, 0.29) is 0 Å². The lowest BCUT2D eigenvalue weighted by Crippen LogP contribution is -2.37. The van der Waals surface area contributed by atoms with Crippen LogP contribution >= 0.6 is 0 Å². The third-order valence-electron chi connectivity index (χ3n) is 6.13. The van der Waals surface area contributed by atoms with Gasteiger partial charge >= 0.3 is 11.4 Å². The van der Waals surface area contributed by atoms with Crippen LogP contribution in [0, 0.1) is 0 Å². The fourth-order valence-electron chi connectivity index (χ4n) is 4.25. The number of nitrogens with zero attached hydrogens (tertiary/aromatic N) is 8. The molecule has 0 saturated carbocycles. The van der Waals surface area contributed by atoms with Crippen molar-refractivity contribution in [1.82, 2.24) is 37.4 Å². The van der Waals surface area contributed by atoms with E-state index in [9.17, 15) is 19.2 Å². The zero-order valence-corrected chi connectivity index (χ0v) is 19.1. The standard InChI is InChI=1S/C22H22N8O4/c1-25-17-15(19(31)27(3)21(25)33)29(11-23-17)9-13-6-5-7-14(8-13)10-30-12-24-18-16(30)20(32)28(4)22(34)26(18)2/h5-8,11-12H,9-10H2,1-4H3. The molecular weight excluding hydrogens is 440 g/mol. The molecule has 0 spiro atoms. The molecule has 12 heteroatoms. The Bertz CT molecular complexity index is 1710. The minimum atomic E-state index is -0.430. The smallest absolute Gasteiger partial charge is 0.320 e. The topological polar surface area (TPSA) is 124 Å². The molecule has 0 N–H and O–H groups in total. The molecule has 0 unspecified atom stereocenters. The van der Waals surface area contributed by atoms with Crippen LogP contribution in [0.4, 0.5) is 0 Å². The van der Waals surface area contributed by atoms with Crippen molar-refractivity contribution in [2.24, 2.45) is 28.2 Å². The monoisotopic (exact) mass is 462 g/mol. The van der Waals surface area contributed by atoms with Gasteiger partial charge < -0.3 is 9.13 Å². The van der Waals surface area contributed by atoms with Crippen LogP contribution in [0.5, 0.6) is 0 Å². The summed E-state index contributed by atoms with van der Waals surface area (Å²) < 4.78 is 8.26. The van der Waals surface area contributed by atoms with Crippen molar-refractivity contribution in [3.05, 3.63) is 89.7 Å². The Morgan fingerprint density at radius 1 is 0.647 bits per heavy atom. The van der Waals surface area contributed by atoms with Crippen molar-refractivity contribution in [2.75, 3.05) is 0 Å². The van der Waals surface area contributed by atoms with Crippen LogP contribution in [-0.2, 0) is 41.3 Å². The second kappa shape index (κ2) is 7.54. The van der Waals surface area contributed by atoms with Crippen molar-refractivity contribution in [2.45, 2.75) is 13.1 Å². The molecule has 0 bridgehead atoms. The third kappa shape index (κ3) is 3.06. The van der Waals surface area contributed by atoms with Crippen molar-refractivity contribution < 1.29 is 0 Å². The highest BCUT2D eigenvalue weighted by Gasteiger charge is 2.16. The minimum absolute atomic E-state index is 0.329. The quantitative estimate of drug-likeness (QED) is 0.347. The summed E-state index contributed by atoms with van der Waals surface area (Å²) in [6.45, 7) is 0.747. The molecule has 4 heterocycles. The number of imidazole rings is 2. The van der Waals surface area contributed by atoms with Gasteiger partial charge in [0.05, 0.1) is 12.7 Å². The van der Waals surface area contributed by atoms with Gasteiger partial charge in [0.15, 0.2) is 22.3 Å². The average Bonchev–Trinajstić information content (AvgIpc) is 3.43. The molecule has 0 radical (unpaired) electrons. The first kappa shape index (κ1) is 21.4. The highest BCUT2D eigenvalue weighted by Crippen LogP contribution is 2.14. The van der Waals surface area contributed by atoms with Gasteiger partial charge in [0, 0.05) is 41.3 Å². The normalized spacial score (nSPS) is 11.6. The van der Waals surface area contributed by atoms with Crippen LogP contribution in [0.1, 0.15) is 11.1 Å². The molecule has 0 atom stereocenters. The van der Waals surface area contributed by atoms with Gasteiger partial charge in [0.25, 0.3) is 11.1 Å². The molecule has 0 fully saturated rings. The number of benzene rings is 1. The first-order valence-corrected chi connectivity index (χ1v) is 10.5. The molecule has 5 rings (SSSR count). The van der Waals surface area contributed by atoms with Gasteiger partial charge in [-0.15, -0.1) is 0 Å². The molecule has 5 aromatic rings. The summed E-state index contributed by atoms with van der Waals surface area (Å²) in [6.07, 6.45) is 3.09. The zero-order chi connectivity index (χ0) is 24.3. The summed E-state index contributed by atoms with van der Waals surface area (Å²) >= 11 is 0. The first-order valence-electron chi connectivity index (χ1n) is 10.5. The van der Waals surface area contributed by atoms with Gasteiger partial charge in [-0.25, -0.2) is 19.6 Å². The van der Waals surface area contributed by atoms with Gasteiger partial charge in [-0.05, 0) is 11.1 Å². The summed E-state index contributed by atoms with van der Waals surface area (Å²) in [5.41, 5.74) is 1.51. The van der Waals surface area contributed by atoms with E-state index >= 15 is 0 Å². The molecule has 1 aromatic carbocycles. The van der Waals surface area contributed by atoms with Crippen molar-refractivity contribution in [3.8, 4) is 0 Å². The van der Waals surface area contributed by atoms with Crippen molar-refractivity contribution >= 4 is 22.3 Å². The molecule has 174 valence electrons. The Morgan fingerprint density at radius 3 is 1.47 bits per heavy atom. The predicted octanol–water partition coefficient (Wildman–Crippen LogP) is -0.723. The summed E-state index contributed by atoms with van der Waals surface area (Å²) in [5.74, 6) is 0. The third-order valence-corrected chi connectivity index (χ3v) is 6.13. The molecule has 0 aliphatic heterocycles. The summed E-state index contributed by atoms with van der Waals surface area (Å²) in [6, 6.07) is 7.72. The number of hydrogen-bond acceptors (Lipinski definition) is 6. The summed E-state index contributed by atoms with van der Waals surface area (Å²) in [7, 11) is 6.05. The van der Waals surface area contributed by atoms with Crippen LogP contribution < -0.4 is 22.5 Å². The lowest BCUT2D eigenvalue weighted by atomic mass is 10.1. The lowest BCUT2D eigenvalue weighted by molar-refractivity contribution is 0.701. The maximum atomic E-state index is 12.7. The fraction of sp³-hybridized carbons (Fsp3) is 0.273. The molecule has 34 heavy (non-hydrogen) atoms. The van der Waals surface area contributed by atoms with E-state index in [2.05, 4.69) is 9.97 Å². The van der Waals surface area contributed by atoms with Crippen molar-refractivity contribution in [1.29, 1.82) is 0 Å². The molecule has 12 nitrogen and oxygen atoms in total. The van der Waals surface area contributed by atoms with E-state index in [0.717, 1.165) is 20.3 Å². The number of rotatable bonds is 4. The van der Waals surface area contributed by atoms with Gasteiger partial charge in [-0.3, -0.25) is 27.9 Å². The van der Waals surface area contributed by atoms with Crippen LogP contribution in [0.3, 0.4) is 0 Å². The van der Waals surface area contributed by atoms with E-state index in [0.29, 0.717) is 35.4 Å². The SMILES string of the molecule is Cn1c(=O)c2c(ncn2Cc2cccc(Cn3cnc4c3c(=O)n(C)c(=O)n4C)c2)n(C)c1=O.